The Labute approximate surface area is 117 Å². The Kier molecular flexibility index (Phi) is 3.74. The monoisotopic (exact) mass is 274 g/mol. The van der Waals surface area contributed by atoms with Crippen molar-refractivity contribution in [2.24, 2.45) is 5.92 Å². The predicted molar refractivity (Wildman–Crippen MR) is 77.4 cm³/mol. The molecule has 2 aromatic rings. The first-order valence-corrected chi connectivity index (χ1v) is 6.47. The van der Waals surface area contributed by atoms with Crippen LogP contribution in [0.1, 0.15) is 31.1 Å². The molecule has 1 unspecified atom stereocenters. The molecule has 0 spiro atoms. The minimum absolute atomic E-state index is 0.105. The van der Waals surface area contributed by atoms with Crippen molar-refractivity contribution in [1.29, 1.82) is 0 Å². The van der Waals surface area contributed by atoms with Crippen molar-refractivity contribution in [3.05, 3.63) is 51.7 Å². The van der Waals surface area contributed by atoms with E-state index in [4.69, 9.17) is 5.73 Å². The van der Waals surface area contributed by atoms with Crippen molar-refractivity contribution >= 4 is 11.5 Å². The summed E-state index contributed by atoms with van der Waals surface area (Å²) in [5, 5.41) is 15.3. The van der Waals surface area contributed by atoms with Crippen molar-refractivity contribution in [1.82, 2.24) is 9.78 Å². The van der Waals surface area contributed by atoms with Crippen molar-refractivity contribution in [2.45, 2.75) is 26.8 Å². The maximum absolute atomic E-state index is 11.1. The van der Waals surface area contributed by atoms with Crippen LogP contribution >= 0.6 is 0 Å². The smallest absolute Gasteiger partial charge is 0.333 e. The maximum atomic E-state index is 11.1. The second-order valence-corrected chi connectivity index (χ2v) is 5.12. The van der Waals surface area contributed by atoms with Crippen LogP contribution < -0.4 is 5.73 Å². The molecule has 1 aromatic heterocycles. The van der Waals surface area contributed by atoms with E-state index in [2.05, 4.69) is 5.10 Å². The fourth-order valence-electron chi connectivity index (χ4n) is 2.45. The van der Waals surface area contributed by atoms with Crippen molar-refractivity contribution in [2.75, 3.05) is 5.73 Å². The van der Waals surface area contributed by atoms with Gasteiger partial charge in [-0.2, -0.15) is 5.10 Å². The third-order valence-electron chi connectivity index (χ3n) is 3.31. The average molecular weight is 274 g/mol. The number of hydrogen-bond acceptors (Lipinski definition) is 4. The first kappa shape index (κ1) is 14.0. The van der Waals surface area contributed by atoms with Crippen molar-refractivity contribution < 1.29 is 4.92 Å². The van der Waals surface area contributed by atoms with E-state index < -0.39 is 4.92 Å². The summed E-state index contributed by atoms with van der Waals surface area (Å²) >= 11 is 0. The highest BCUT2D eigenvalue weighted by Gasteiger charge is 2.29. The van der Waals surface area contributed by atoms with Crippen molar-refractivity contribution in [3.63, 3.8) is 0 Å². The van der Waals surface area contributed by atoms with Gasteiger partial charge in [0.2, 0.25) is 5.82 Å². The van der Waals surface area contributed by atoms with Gasteiger partial charge in [-0.25, -0.2) is 4.68 Å². The van der Waals surface area contributed by atoms with E-state index in [0.717, 1.165) is 5.56 Å². The van der Waals surface area contributed by atoms with Gasteiger partial charge in [-0.3, -0.25) is 10.1 Å². The third kappa shape index (κ3) is 2.36. The zero-order chi connectivity index (χ0) is 14.9. The molecule has 0 radical (unpaired) electrons. The molecule has 106 valence electrons. The van der Waals surface area contributed by atoms with Gasteiger partial charge in [0.1, 0.15) is 5.69 Å². The number of nitro groups is 1. The van der Waals surface area contributed by atoms with Gasteiger partial charge in [0.25, 0.3) is 0 Å². The van der Waals surface area contributed by atoms with E-state index in [1.165, 1.54) is 0 Å². The largest absolute Gasteiger partial charge is 0.378 e. The van der Waals surface area contributed by atoms with Crippen LogP contribution in [-0.4, -0.2) is 14.7 Å². The zero-order valence-corrected chi connectivity index (χ0v) is 11.8. The van der Waals surface area contributed by atoms with Crippen LogP contribution in [0, 0.1) is 23.0 Å². The summed E-state index contributed by atoms with van der Waals surface area (Å²) in [7, 11) is 0. The summed E-state index contributed by atoms with van der Waals surface area (Å²) < 4.78 is 1.56. The number of hydrogen-bond donors (Lipinski definition) is 1. The fourth-order valence-corrected chi connectivity index (χ4v) is 2.45. The highest BCUT2D eigenvalue weighted by Crippen LogP contribution is 2.33. The Morgan fingerprint density at radius 3 is 2.35 bits per heavy atom. The number of anilines is 1. The van der Waals surface area contributed by atoms with Crippen LogP contribution in [0.4, 0.5) is 11.5 Å². The summed E-state index contributed by atoms with van der Waals surface area (Å²) in [6, 6.07) is 9.64. The van der Waals surface area contributed by atoms with Crippen molar-refractivity contribution in [3.8, 4) is 0 Å². The van der Waals surface area contributed by atoms with Crippen LogP contribution in [0.25, 0.3) is 0 Å². The van der Waals surface area contributed by atoms with E-state index in [-0.39, 0.29) is 23.5 Å². The van der Waals surface area contributed by atoms with E-state index in [0.29, 0.717) is 5.69 Å². The van der Waals surface area contributed by atoms with Gasteiger partial charge in [0.05, 0.1) is 11.0 Å². The lowest BCUT2D eigenvalue weighted by Gasteiger charge is -2.22. The quantitative estimate of drug-likeness (QED) is 0.686. The third-order valence-corrected chi connectivity index (χ3v) is 3.31. The zero-order valence-electron chi connectivity index (χ0n) is 11.8. The van der Waals surface area contributed by atoms with E-state index in [1.54, 1.807) is 11.6 Å². The minimum Gasteiger partial charge on any atom is -0.378 e. The predicted octanol–water partition coefficient (Wildman–Crippen LogP) is 2.93. The number of benzene rings is 1. The van der Waals surface area contributed by atoms with Gasteiger partial charge in [0, 0.05) is 0 Å². The van der Waals surface area contributed by atoms with Gasteiger partial charge in [0.15, 0.2) is 0 Å². The molecule has 0 saturated heterocycles. The minimum atomic E-state index is -0.476. The number of nitrogen functional groups attached to an aromatic ring is 1. The second-order valence-electron chi connectivity index (χ2n) is 5.12. The number of aryl methyl sites for hydroxylation is 1. The van der Waals surface area contributed by atoms with Gasteiger partial charge in [-0.15, -0.1) is 0 Å². The molecule has 0 fully saturated rings. The van der Waals surface area contributed by atoms with E-state index >= 15 is 0 Å². The van der Waals surface area contributed by atoms with E-state index in [1.807, 2.05) is 44.2 Å². The number of aromatic nitrogens is 2. The van der Waals surface area contributed by atoms with E-state index in [9.17, 15) is 10.1 Å². The molecular weight excluding hydrogens is 256 g/mol. The number of rotatable bonds is 4. The van der Waals surface area contributed by atoms with Crippen LogP contribution in [-0.2, 0) is 0 Å². The van der Waals surface area contributed by atoms with Gasteiger partial charge >= 0.3 is 5.69 Å². The molecular formula is C14H18N4O2. The summed E-state index contributed by atoms with van der Waals surface area (Å²) in [4.78, 5) is 10.6. The van der Waals surface area contributed by atoms with Gasteiger partial charge < -0.3 is 5.73 Å². The highest BCUT2D eigenvalue weighted by atomic mass is 16.6. The second kappa shape index (κ2) is 5.32. The molecule has 0 bridgehead atoms. The first-order chi connectivity index (χ1) is 9.43. The summed E-state index contributed by atoms with van der Waals surface area (Å²) in [5.41, 5.74) is 7.21. The maximum Gasteiger partial charge on any atom is 0.333 e. The molecule has 20 heavy (non-hydrogen) atoms. The summed E-state index contributed by atoms with van der Waals surface area (Å²) in [6.07, 6.45) is 0. The Bertz CT molecular complexity index is 620. The fraction of sp³-hybridized carbons (Fsp3) is 0.357. The molecule has 0 saturated carbocycles. The molecule has 1 atom stereocenters. The molecule has 2 rings (SSSR count). The molecule has 6 heteroatoms. The molecule has 0 amide bonds. The lowest BCUT2D eigenvalue weighted by molar-refractivity contribution is -0.384. The summed E-state index contributed by atoms with van der Waals surface area (Å²) in [6.45, 7) is 5.69. The van der Waals surface area contributed by atoms with Crippen LogP contribution in [0.2, 0.25) is 0 Å². The Morgan fingerprint density at radius 2 is 1.90 bits per heavy atom. The Hall–Kier alpha value is -2.37. The number of nitrogens with zero attached hydrogens (tertiary/aromatic N) is 3. The summed E-state index contributed by atoms with van der Waals surface area (Å²) in [5.74, 6) is 0.314. The SMILES string of the molecule is Cc1nn(C(c2ccccc2)C(C)C)c(N)c1[N+](=O)[O-]. The lowest BCUT2D eigenvalue weighted by atomic mass is 9.96. The van der Waals surface area contributed by atoms with Gasteiger partial charge in [-0.1, -0.05) is 44.2 Å². The molecule has 2 N–H and O–H groups in total. The molecule has 0 aliphatic rings. The van der Waals surface area contributed by atoms with Crippen LogP contribution in [0.15, 0.2) is 30.3 Å². The average Bonchev–Trinajstić information content (AvgIpc) is 2.66. The first-order valence-electron chi connectivity index (χ1n) is 6.47. The molecule has 0 aliphatic heterocycles. The normalized spacial score (nSPS) is 12.6. The standard InChI is InChI=1S/C14H18N4O2/c1-9(2)12(11-7-5-4-6-8-11)17-14(15)13(18(19)20)10(3)16-17/h4-9,12H,15H2,1-3H3. The van der Waals surface area contributed by atoms with Crippen LogP contribution in [0.5, 0.6) is 0 Å². The molecule has 1 aromatic carbocycles. The Balaban J connectivity index is 2.57. The van der Waals surface area contributed by atoms with Gasteiger partial charge in [-0.05, 0) is 18.4 Å². The topological polar surface area (TPSA) is 87.0 Å². The van der Waals surface area contributed by atoms with Crippen LogP contribution in [0.3, 0.4) is 0 Å². The molecule has 1 heterocycles. The highest BCUT2D eigenvalue weighted by molar-refractivity contribution is 5.56. The molecule has 6 nitrogen and oxygen atoms in total. The Morgan fingerprint density at radius 1 is 1.30 bits per heavy atom. The molecule has 0 aliphatic carbocycles. The number of nitrogens with two attached hydrogens (primary N) is 1. The lowest BCUT2D eigenvalue weighted by Crippen LogP contribution is -2.20.